The van der Waals surface area contributed by atoms with Crippen LogP contribution in [-0.4, -0.2) is 4.55 Å². The van der Waals surface area contributed by atoms with Crippen LogP contribution in [0.4, 0.5) is 0 Å². The molecule has 0 unspecified atom stereocenters. The monoisotopic (exact) mass is 154 g/mol. The van der Waals surface area contributed by atoms with E-state index in [1.165, 1.54) is 5.56 Å². The average molecular weight is 154 g/mol. The lowest BCUT2D eigenvalue weighted by Gasteiger charge is -2.00. The first kappa shape index (κ1) is 7.63. The largest absolute Gasteiger partial charge is 0.325 e. The van der Waals surface area contributed by atoms with E-state index in [1.54, 1.807) is 0 Å². The lowest BCUT2D eigenvalue weighted by molar-refractivity contribution is 0.663. The van der Waals surface area contributed by atoms with Gasteiger partial charge in [-0.2, -0.15) is 0 Å². The molecular weight excluding hydrogens is 144 g/mol. The van der Waals surface area contributed by atoms with Crippen LogP contribution in [0, 0.1) is 13.8 Å². The van der Waals surface area contributed by atoms with Crippen molar-refractivity contribution in [2.24, 2.45) is 0 Å². The summed E-state index contributed by atoms with van der Waals surface area (Å²) < 4.78 is 8.73. The number of hydrogen-bond donors (Lipinski definition) is 1. The fraction of sp³-hybridized carbons (Fsp3) is 0.250. The van der Waals surface area contributed by atoms with Crippen molar-refractivity contribution in [3.63, 3.8) is 0 Å². The normalized spacial score (nSPS) is 9.90. The van der Waals surface area contributed by atoms with Crippen molar-refractivity contribution in [2.75, 3.05) is 0 Å². The van der Waals surface area contributed by atoms with Crippen LogP contribution in [0.3, 0.4) is 0 Å². The molecule has 10 heavy (non-hydrogen) atoms. The van der Waals surface area contributed by atoms with Gasteiger partial charge < -0.3 is 4.55 Å². The van der Waals surface area contributed by atoms with Gasteiger partial charge in [0.1, 0.15) is 0 Å². The summed E-state index contributed by atoms with van der Waals surface area (Å²) in [6, 6.07) is 5.97. The fourth-order valence-corrected chi connectivity index (χ4v) is 1.23. The number of rotatable bonds is 1. The quantitative estimate of drug-likeness (QED) is 0.628. The molecule has 1 N–H and O–H groups in total. The summed E-state index contributed by atoms with van der Waals surface area (Å²) in [7, 11) is 0. The van der Waals surface area contributed by atoms with Gasteiger partial charge in [0.25, 0.3) is 0 Å². The number of hydrogen-bond acceptors (Lipinski definition) is 2. The van der Waals surface area contributed by atoms with E-state index in [9.17, 15) is 0 Å². The minimum atomic E-state index is 0.804. The Bertz CT molecular complexity index is 233. The van der Waals surface area contributed by atoms with Gasteiger partial charge >= 0.3 is 0 Å². The molecule has 0 amide bonds. The van der Waals surface area contributed by atoms with Gasteiger partial charge in [0, 0.05) is 16.9 Å². The third kappa shape index (κ3) is 1.52. The van der Waals surface area contributed by atoms with Gasteiger partial charge in [-0.3, -0.25) is 0 Å². The van der Waals surface area contributed by atoms with Crippen molar-refractivity contribution < 1.29 is 4.55 Å². The second-order valence-corrected chi connectivity index (χ2v) is 2.98. The maximum absolute atomic E-state index is 8.73. The second-order valence-electron chi connectivity index (χ2n) is 2.36. The Hall–Kier alpha value is -0.470. The van der Waals surface area contributed by atoms with Crippen molar-refractivity contribution in [1.29, 1.82) is 0 Å². The molecule has 0 heterocycles. The van der Waals surface area contributed by atoms with Crippen molar-refractivity contribution in [3.05, 3.63) is 29.3 Å². The van der Waals surface area contributed by atoms with Gasteiger partial charge in [0.15, 0.2) is 0 Å². The molecule has 54 valence electrons. The molecule has 1 rings (SSSR count). The van der Waals surface area contributed by atoms with E-state index >= 15 is 0 Å². The molecule has 0 aromatic heterocycles. The van der Waals surface area contributed by atoms with Crippen LogP contribution >= 0.6 is 12.0 Å². The average Bonchev–Trinajstić information content (AvgIpc) is 1.88. The Morgan fingerprint density at radius 2 is 2.00 bits per heavy atom. The van der Waals surface area contributed by atoms with Crippen LogP contribution in [0.15, 0.2) is 23.1 Å². The van der Waals surface area contributed by atoms with Gasteiger partial charge in [0.05, 0.1) is 0 Å². The molecule has 0 aliphatic carbocycles. The highest BCUT2D eigenvalue weighted by molar-refractivity contribution is 7.93. The van der Waals surface area contributed by atoms with E-state index in [0.717, 1.165) is 22.5 Å². The molecule has 0 saturated heterocycles. The van der Waals surface area contributed by atoms with Crippen LogP contribution < -0.4 is 0 Å². The topological polar surface area (TPSA) is 20.2 Å². The van der Waals surface area contributed by atoms with E-state index in [0.29, 0.717) is 0 Å². The molecule has 0 aliphatic rings. The number of aryl methyl sites for hydroxylation is 2. The summed E-state index contributed by atoms with van der Waals surface area (Å²) in [5, 5.41) is 0. The first-order valence-electron chi connectivity index (χ1n) is 3.12. The minimum Gasteiger partial charge on any atom is -0.325 e. The van der Waals surface area contributed by atoms with Crippen molar-refractivity contribution >= 4 is 12.0 Å². The summed E-state index contributed by atoms with van der Waals surface area (Å²) in [5.74, 6) is 0. The first-order chi connectivity index (χ1) is 4.74. The lowest BCUT2D eigenvalue weighted by Crippen LogP contribution is -1.79. The highest BCUT2D eigenvalue weighted by atomic mass is 32.2. The molecule has 0 fully saturated rings. The van der Waals surface area contributed by atoms with Gasteiger partial charge in [-0.15, -0.1) is 0 Å². The molecule has 1 nitrogen and oxygen atoms in total. The molecule has 2 heteroatoms. The molecule has 0 bridgehead atoms. The summed E-state index contributed by atoms with van der Waals surface area (Å²) in [5.41, 5.74) is 2.36. The molecule has 0 atom stereocenters. The smallest absolute Gasteiger partial charge is 0.0380 e. The van der Waals surface area contributed by atoms with Crippen molar-refractivity contribution in [1.82, 2.24) is 0 Å². The van der Waals surface area contributed by atoms with Crippen LogP contribution in [0.2, 0.25) is 0 Å². The lowest BCUT2D eigenvalue weighted by atomic mass is 10.2. The molecule has 0 saturated carbocycles. The first-order valence-corrected chi connectivity index (χ1v) is 3.90. The van der Waals surface area contributed by atoms with Gasteiger partial charge in [-0.1, -0.05) is 17.7 Å². The van der Waals surface area contributed by atoms with E-state index in [2.05, 4.69) is 6.07 Å². The standard InChI is InChI=1S/C8H10OS/c1-6-3-4-8(10-9)7(2)5-6/h3-5,9H,1-2H3. The van der Waals surface area contributed by atoms with Crippen LogP contribution in [0.25, 0.3) is 0 Å². The zero-order valence-electron chi connectivity index (χ0n) is 6.09. The Morgan fingerprint density at radius 3 is 2.50 bits per heavy atom. The number of benzene rings is 1. The third-order valence-corrected chi connectivity index (χ3v) is 2.08. The van der Waals surface area contributed by atoms with Gasteiger partial charge in [-0.25, -0.2) is 0 Å². The minimum absolute atomic E-state index is 0.804. The highest BCUT2D eigenvalue weighted by Crippen LogP contribution is 2.19. The van der Waals surface area contributed by atoms with Crippen LogP contribution in [0.1, 0.15) is 11.1 Å². The molecule has 0 spiro atoms. The molecule has 1 aromatic carbocycles. The van der Waals surface area contributed by atoms with E-state index in [4.69, 9.17) is 4.55 Å². The zero-order chi connectivity index (χ0) is 7.56. The van der Waals surface area contributed by atoms with E-state index in [1.807, 2.05) is 26.0 Å². The second kappa shape index (κ2) is 3.08. The Morgan fingerprint density at radius 1 is 1.30 bits per heavy atom. The maximum atomic E-state index is 8.73. The van der Waals surface area contributed by atoms with Crippen molar-refractivity contribution in [2.45, 2.75) is 18.7 Å². The molecule has 1 aromatic rings. The maximum Gasteiger partial charge on any atom is 0.0380 e. The Kier molecular flexibility index (Phi) is 2.35. The van der Waals surface area contributed by atoms with Crippen molar-refractivity contribution in [3.8, 4) is 0 Å². The molecule has 0 radical (unpaired) electrons. The van der Waals surface area contributed by atoms with E-state index < -0.39 is 0 Å². The summed E-state index contributed by atoms with van der Waals surface area (Å²) in [4.78, 5) is 0.936. The third-order valence-electron chi connectivity index (χ3n) is 1.43. The SMILES string of the molecule is Cc1ccc(SO)c(C)c1. The predicted molar refractivity (Wildman–Crippen MR) is 44.4 cm³/mol. The zero-order valence-corrected chi connectivity index (χ0v) is 6.90. The Balaban J connectivity index is 3.07. The molecule has 0 aliphatic heterocycles. The fourth-order valence-electron chi connectivity index (χ4n) is 0.902. The van der Waals surface area contributed by atoms with E-state index in [-0.39, 0.29) is 0 Å². The van der Waals surface area contributed by atoms with Gasteiger partial charge in [0.2, 0.25) is 0 Å². The van der Waals surface area contributed by atoms with Gasteiger partial charge in [-0.05, 0) is 25.5 Å². The van der Waals surface area contributed by atoms with Crippen LogP contribution in [-0.2, 0) is 0 Å². The summed E-state index contributed by atoms with van der Waals surface area (Å²) in [6.07, 6.45) is 0. The summed E-state index contributed by atoms with van der Waals surface area (Å²) in [6.45, 7) is 4.03. The summed E-state index contributed by atoms with van der Waals surface area (Å²) >= 11 is 0.804. The molecular formula is C8H10OS. The highest BCUT2D eigenvalue weighted by Gasteiger charge is 1.95. The van der Waals surface area contributed by atoms with Crippen LogP contribution in [0.5, 0.6) is 0 Å². The Labute approximate surface area is 65.3 Å². The predicted octanol–water partition coefficient (Wildman–Crippen LogP) is 2.87.